The van der Waals surface area contributed by atoms with Crippen LogP contribution in [0.25, 0.3) is 0 Å². The molecule has 0 radical (unpaired) electrons. The number of rotatable bonds is 0. The van der Waals surface area contributed by atoms with Crippen LogP contribution in [0.1, 0.15) is 46.5 Å². The van der Waals surface area contributed by atoms with E-state index in [0.29, 0.717) is 22.7 Å². The molecule has 0 heterocycles. The van der Waals surface area contributed by atoms with Crippen LogP contribution in [0.4, 0.5) is 0 Å². The minimum absolute atomic E-state index is 0.0885. The molecule has 3 rings (SSSR count). The third-order valence-electron chi connectivity index (χ3n) is 6.51. The van der Waals surface area contributed by atoms with Gasteiger partial charge in [-0.05, 0) is 54.3 Å². The molecule has 16 heavy (non-hydrogen) atoms. The lowest BCUT2D eigenvalue weighted by Crippen LogP contribution is -2.40. The first-order valence-electron chi connectivity index (χ1n) is 6.77. The molecular formula is C15H24O. The average Bonchev–Trinajstić information content (AvgIpc) is 2.75. The van der Waals surface area contributed by atoms with Crippen LogP contribution in [0.3, 0.4) is 0 Å². The molecule has 3 fully saturated rings. The minimum atomic E-state index is -0.0885. The van der Waals surface area contributed by atoms with Gasteiger partial charge in [-0.15, -0.1) is 0 Å². The Balaban J connectivity index is 2.07. The van der Waals surface area contributed by atoms with E-state index in [-0.39, 0.29) is 6.10 Å². The maximum absolute atomic E-state index is 10.2. The van der Waals surface area contributed by atoms with Crippen molar-refractivity contribution in [3.05, 3.63) is 12.2 Å². The van der Waals surface area contributed by atoms with E-state index >= 15 is 0 Å². The first-order chi connectivity index (χ1) is 7.39. The highest BCUT2D eigenvalue weighted by Crippen LogP contribution is 2.69. The van der Waals surface area contributed by atoms with E-state index in [2.05, 4.69) is 27.4 Å². The summed E-state index contributed by atoms with van der Waals surface area (Å²) in [6.07, 6.45) is 4.88. The summed E-state index contributed by atoms with van der Waals surface area (Å²) in [6, 6.07) is 0. The van der Waals surface area contributed by atoms with Crippen LogP contribution < -0.4 is 0 Å². The van der Waals surface area contributed by atoms with Crippen molar-refractivity contribution >= 4 is 0 Å². The molecule has 5 atom stereocenters. The standard InChI is InChI=1S/C15H24O/c1-9-12-7-13(16)10(2)15(12)6-5-11(8-15)14(9,3)4/h10-13,16H,1,5-8H2,2-4H3/t10-,11-,12?,13-,15+/m1/s1. The van der Waals surface area contributed by atoms with Gasteiger partial charge in [0.1, 0.15) is 0 Å². The third-order valence-corrected chi connectivity index (χ3v) is 6.51. The quantitative estimate of drug-likeness (QED) is 0.620. The Hall–Kier alpha value is -0.300. The molecule has 3 saturated carbocycles. The van der Waals surface area contributed by atoms with Gasteiger partial charge in [0.25, 0.3) is 0 Å². The Morgan fingerprint density at radius 2 is 2.06 bits per heavy atom. The van der Waals surface area contributed by atoms with Crippen LogP contribution in [0, 0.1) is 28.6 Å². The van der Waals surface area contributed by atoms with E-state index in [1.165, 1.54) is 24.8 Å². The van der Waals surface area contributed by atoms with Gasteiger partial charge >= 0.3 is 0 Å². The molecular weight excluding hydrogens is 196 g/mol. The Morgan fingerprint density at radius 3 is 2.75 bits per heavy atom. The fourth-order valence-corrected chi connectivity index (χ4v) is 5.03. The molecule has 0 aromatic heterocycles. The third kappa shape index (κ3) is 1.01. The lowest BCUT2D eigenvalue weighted by atomic mass is 9.56. The lowest BCUT2D eigenvalue weighted by molar-refractivity contribution is 0.0587. The summed E-state index contributed by atoms with van der Waals surface area (Å²) in [6.45, 7) is 11.4. The molecule has 1 unspecified atom stereocenters. The summed E-state index contributed by atoms with van der Waals surface area (Å²) in [7, 11) is 0. The van der Waals surface area contributed by atoms with Gasteiger partial charge in [-0.2, -0.15) is 0 Å². The topological polar surface area (TPSA) is 20.2 Å². The summed E-state index contributed by atoms with van der Waals surface area (Å²) < 4.78 is 0. The van der Waals surface area contributed by atoms with E-state index in [1.807, 2.05) is 0 Å². The fraction of sp³-hybridized carbons (Fsp3) is 0.867. The summed E-state index contributed by atoms with van der Waals surface area (Å²) in [5, 5.41) is 10.2. The number of aliphatic hydroxyl groups excluding tert-OH is 1. The van der Waals surface area contributed by atoms with Gasteiger partial charge in [-0.25, -0.2) is 0 Å². The molecule has 0 aromatic carbocycles. The second-order valence-electron chi connectivity index (χ2n) is 7.06. The van der Waals surface area contributed by atoms with Crippen molar-refractivity contribution in [2.24, 2.45) is 28.6 Å². The van der Waals surface area contributed by atoms with Crippen LogP contribution in [-0.4, -0.2) is 11.2 Å². The van der Waals surface area contributed by atoms with Gasteiger partial charge in [-0.3, -0.25) is 0 Å². The van der Waals surface area contributed by atoms with Crippen molar-refractivity contribution in [1.29, 1.82) is 0 Å². The van der Waals surface area contributed by atoms with Gasteiger partial charge in [0.15, 0.2) is 0 Å². The molecule has 90 valence electrons. The van der Waals surface area contributed by atoms with Crippen molar-refractivity contribution in [1.82, 2.24) is 0 Å². The van der Waals surface area contributed by atoms with Crippen molar-refractivity contribution in [2.45, 2.75) is 52.6 Å². The Labute approximate surface area is 98.9 Å². The lowest BCUT2D eigenvalue weighted by Gasteiger charge is -2.48. The number of hydrogen-bond donors (Lipinski definition) is 1. The van der Waals surface area contributed by atoms with E-state index in [4.69, 9.17) is 0 Å². The molecule has 1 nitrogen and oxygen atoms in total. The number of allylic oxidation sites excluding steroid dienone is 1. The zero-order valence-corrected chi connectivity index (χ0v) is 10.8. The number of aliphatic hydroxyl groups is 1. The van der Waals surface area contributed by atoms with Crippen molar-refractivity contribution in [3.8, 4) is 0 Å². The first kappa shape index (κ1) is 10.8. The summed E-state index contributed by atoms with van der Waals surface area (Å²) in [4.78, 5) is 0. The molecule has 3 aliphatic carbocycles. The predicted molar refractivity (Wildman–Crippen MR) is 66.0 cm³/mol. The summed E-state index contributed by atoms with van der Waals surface area (Å²) >= 11 is 0. The minimum Gasteiger partial charge on any atom is -0.393 e. The number of fused-ring (bicyclic) bond motifs is 1. The van der Waals surface area contributed by atoms with E-state index in [0.717, 1.165) is 12.3 Å². The molecule has 1 N–H and O–H groups in total. The maximum Gasteiger partial charge on any atom is 0.0577 e. The van der Waals surface area contributed by atoms with Gasteiger partial charge in [0.05, 0.1) is 6.10 Å². The zero-order valence-electron chi connectivity index (χ0n) is 10.8. The molecule has 3 aliphatic rings. The number of hydrogen-bond acceptors (Lipinski definition) is 1. The smallest absolute Gasteiger partial charge is 0.0577 e. The van der Waals surface area contributed by atoms with Crippen molar-refractivity contribution in [2.75, 3.05) is 0 Å². The second kappa shape index (κ2) is 2.93. The highest BCUT2D eigenvalue weighted by molar-refractivity contribution is 5.27. The van der Waals surface area contributed by atoms with E-state index in [1.54, 1.807) is 0 Å². The van der Waals surface area contributed by atoms with Crippen molar-refractivity contribution < 1.29 is 5.11 Å². The van der Waals surface area contributed by atoms with Gasteiger partial charge in [0, 0.05) is 0 Å². The second-order valence-corrected chi connectivity index (χ2v) is 7.06. The molecule has 0 aromatic rings. The zero-order chi connectivity index (χ0) is 11.7. The van der Waals surface area contributed by atoms with Gasteiger partial charge < -0.3 is 5.11 Å². The SMILES string of the molecule is C=C1C2C[C@@H](O)[C@@H](C)[C@@]23CC[C@H](C3)C1(C)C. The molecule has 0 amide bonds. The van der Waals surface area contributed by atoms with Crippen LogP contribution >= 0.6 is 0 Å². The van der Waals surface area contributed by atoms with Crippen molar-refractivity contribution in [3.63, 3.8) is 0 Å². The summed E-state index contributed by atoms with van der Waals surface area (Å²) in [5.41, 5.74) is 2.15. The van der Waals surface area contributed by atoms with Crippen LogP contribution in [0.5, 0.6) is 0 Å². The van der Waals surface area contributed by atoms with Gasteiger partial charge in [-0.1, -0.05) is 32.9 Å². The molecule has 0 saturated heterocycles. The first-order valence-corrected chi connectivity index (χ1v) is 6.77. The van der Waals surface area contributed by atoms with Crippen LogP contribution in [0.15, 0.2) is 12.2 Å². The Bertz CT molecular complexity index is 343. The molecule has 2 bridgehead atoms. The molecule has 0 aliphatic heterocycles. The summed E-state index contributed by atoms with van der Waals surface area (Å²) in [5.74, 6) is 1.88. The van der Waals surface area contributed by atoms with E-state index in [9.17, 15) is 5.11 Å². The van der Waals surface area contributed by atoms with E-state index < -0.39 is 0 Å². The Kier molecular flexibility index (Phi) is 1.98. The molecule has 1 spiro atoms. The predicted octanol–water partition coefficient (Wildman–Crippen LogP) is 3.39. The Morgan fingerprint density at radius 1 is 1.38 bits per heavy atom. The van der Waals surface area contributed by atoms with Crippen LogP contribution in [0.2, 0.25) is 0 Å². The fourth-order valence-electron chi connectivity index (χ4n) is 5.03. The highest BCUT2D eigenvalue weighted by Gasteiger charge is 2.63. The average molecular weight is 220 g/mol. The monoisotopic (exact) mass is 220 g/mol. The highest BCUT2D eigenvalue weighted by atomic mass is 16.3. The molecule has 1 heteroatoms. The van der Waals surface area contributed by atoms with Crippen LogP contribution in [-0.2, 0) is 0 Å². The maximum atomic E-state index is 10.2. The normalized spacial score (nSPS) is 54.1. The van der Waals surface area contributed by atoms with Gasteiger partial charge in [0.2, 0.25) is 0 Å². The largest absolute Gasteiger partial charge is 0.393 e.